The second-order valence-electron chi connectivity index (χ2n) is 11.0. The van der Waals surface area contributed by atoms with Crippen LogP contribution in [0.25, 0.3) is 0 Å². The first-order chi connectivity index (χ1) is 18.9. The van der Waals surface area contributed by atoms with Gasteiger partial charge in [0.2, 0.25) is 0 Å². The smallest absolute Gasteiger partial charge is 0.344 e. The standard InChI is InChI=1S/C32H34F3N3OS/c1-22(25-10-6-5-7-11-25)36-30(39)28-21-40-29(37-28)20-38(18-23-13-15-26(16-14-23)31(2,3)4)19-24-9-8-12-27(17-24)32(33,34)35/h5-17,21-22H,18-20H2,1-4H3,(H,36,39)/t22-/m1/s1. The van der Waals surface area contributed by atoms with Crippen molar-refractivity contribution in [1.82, 2.24) is 15.2 Å². The van der Waals surface area contributed by atoms with Gasteiger partial charge in [-0.05, 0) is 40.7 Å². The molecule has 4 nitrogen and oxygen atoms in total. The van der Waals surface area contributed by atoms with Crippen molar-refractivity contribution >= 4 is 17.2 Å². The van der Waals surface area contributed by atoms with Crippen molar-refractivity contribution in [2.45, 2.75) is 65.0 Å². The molecule has 0 fully saturated rings. The van der Waals surface area contributed by atoms with Gasteiger partial charge in [0, 0.05) is 18.5 Å². The number of benzene rings is 3. The van der Waals surface area contributed by atoms with Gasteiger partial charge in [-0.15, -0.1) is 11.3 Å². The van der Waals surface area contributed by atoms with E-state index in [0.29, 0.717) is 30.9 Å². The molecule has 0 aliphatic heterocycles. The number of rotatable bonds is 9. The van der Waals surface area contributed by atoms with Crippen LogP contribution in [0, 0.1) is 0 Å². The number of thiazole rings is 1. The van der Waals surface area contributed by atoms with Crippen LogP contribution in [-0.4, -0.2) is 15.8 Å². The molecule has 0 bridgehead atoms. The first-order valence-corrected chi connectivity index (χ1v) is 14.0. The molecule has 0 aliphatic carbocycles. The fourth-order valence-electron chi connectivity index (χ4n) is 4.41. The van der Waals surface area contributed by atoms with E-state index in [1.165, 1.54) is 29.0 Å². The van der Waals surface area contributed by atoms with Crippen LogP contribution in [0.15, 0.2) is 84.2 Å². The molecule has 1 atom stereocenters. The first kappa shape index (κ1) is 29.5. The molecule has 1 heterocycles. The Hall–Kier alpha value is -3.49. The molecule has 0 unspecified atom stereocenters. The number of halogens is 3. The number of alkyl halides is 3. The quantitative estimate of drug-likeness (QED) is 0.223. The third-order valence-electron chi connectivity index (χ3n) is 6.68. The number of carbonyl (C=O) groups is 1. The summed E-state index contributed by atoms with van der Waals surface area (Å²) in [6.45, 7) is 9.59. The third-order valence-corrected chi connectivity index (χ3v) is 7.51. The number of hydrogen-bond acceptors (Lipinski definition) is 4. The molecule has 3 aromatic carbocycles. The van der Waals surface area contributed by atoms with Crippen molar-refractivity contribution in [2.75, 3.05) is 0 Å². The van der Waals surface area contributed by atoms with E-state index in [-0.39, 0.29) is 17.4 Å². The molecule has 0 saturated heterocycles. The Bertz CT molecular complexity index is 1410. The van der Waals surface area contributed by atoms with Crippen LogP contribution >= 0.6 is 11.3 Å². The second-order valence-corrected chi connectivity index (χ2v) is 12.0. The summed E-state index contributed by atoms with van der Waals surface area (Å²) >= 11 is 1.37. The molecule has 1 N–H and O–H groups in total. The Balaban J connectivity index is 1.51. The summed E-state index contributed by atoms with van der Waals surface area (Å²) < 4.78 is 40.1. The summed E-state index contributed by atoms with van der Waals surface area (Å²) in [7, 11) is 0. The summed E-state index contributed by atoms with van der Waals surface area (Å²) in [5.74, 6) is -0.263. The maximum Gasteiger partial charge on any atom is 0.416 e. The zero-order valence-corrected chi connectivity index (χ0v) is 23.9. The van der Waals surface area contributed by atoms with Crippen LogP contribution < -0.4 is 5.32 Å². The number of aromatic nitrogens is 1. The van der Waals surface area contributed by atoms with E-state index >= 15 is 0 Å². The molecule has 0 spiro atoms. The lowest BCUT2D eigenvalue weighted by Gasteiger charge is -2.23. The van der Waals surface area contributed by atoms with Gasteiger partial charge in [0.1, 0.15) is 10.7 Å². The van der Waals surface area contributed by atoms with E-state index in [0.717, 1.165) is 22.2 Å². The molecule has 0 aliphatic rings. The van der Waals surface area contributed by atoms with E-state index in [9.17, 15) is 18.0 Å². The van der Waals surface area contributed by atoms with Crippen molar-refractivity contribution < 1.29 is 18.0 Å². The van der Waals surface area contributed by atoms with Crippen molar-refractivity contribution in [3.05, 3.63) is 123 Å². The van der Waals surface area contributed by atoms with Gasteiger partial charge in [-0.2, -0.15) is 13.2 Å². The molecule has 0 radical (unpaired) electrons. The Morgan fingerprint density at radius 3 is 2.20 bits per heavy atom. The van der Waals surface area contributed by atoms with Gasteiger partial charge in [-0.3, -0.25) is 9.69 Å². The van der Waals surface area contributed by atoms with Crippen molar-refractivity contribution in [1.29, 1.82) is 0 Å². The number of amides is 1. The summed E-state index contributed by atoms with van der Waals surface area (Å²) in [5.41, 5.74) is 3.50. The molecule has 1 amide bonds. The highest BCUT2D eigenvalue weighted by atomic mass is 32.1. The lowest BCUT2D eigenvalue weighted by atomic mass is 9.87. The van der Waals surface area contributed by atoms with E-state index in [1.54, 1.807) is 11.4 Å². The van der Waals surface area contributed by atoms with E-state index in [1.807, 2.05) is 37.3 Å². The van der Waals surface area contributed by atoms with Gasteiger partial charge in [0.15, 0.2) is 0 Å². The predicted octanol–water partition coefficient (Wildman–Crippen LogP) is 8.15. The normalized spacial score (nSPS) is 12.9. The van der Waals surface area contributed by atoms with Gasteiger partial charge >= 0.3 is 6.18 Å². The van der Waals surface area contributed by atoms with Crippen LogP contribution in [0.5, 0.6) is 0 Å². The average molecular weight is 566 g/mol. The minimum atomic E-state index is -4.40. The van der Waals surface area contributed by atoms with E-state index in [4.69, 9.17) is 0 Å². The lowest BCUT2D eigenvalue weighted by molar-refractivity contribution is -0.137. The van der Waals surface area contributed by atoms with Crippen LogP contribution in [0.4, 0.5) is 13.2 Å². The first-order valence-electron chi connectivity index (χ1n) is 13.2. The summed E-state index contributed by atoms with van der Waals surface area (Å²) in [4.78, 5) is 19.5. The Morgan fingerprint density at radius 1 is 0.875 bits per heavy atom. The van der Waals surface area contributed by atoms with Crippen molar-refractivity contribution in [2.24, 2.45) is 0 Å². The molecule has 1 aromatic heterocycles. The topological polar surface area (TPSA) is 45.2 Å². The number of nitrogens with zero attached hydrogens (tertiary/aromatic N) is 2. The molecule has 4 aromatic rings. The Kier molecular flexibility index (Phi) is 9.11. The van der Waals surface area contributed by atoms with Gasteiger partial charge in [0.05, 0.1) is 18.2 Å². The largest absolute Gasteiger partial charge is 0.416 e. The maximum atomic E-state index is 13.4. The molecule has 210 valence electrons. The van der Waals surface area contributed by atoms with Gasteiger partial charge in [-0.1, -0.05) is 93.6 Å². The second kappa shape index (κ2) is 12.4. The number of nitrogens with one attached hydrogen (secondary N) is 1. The number of carbonyl (C=O) groups excluding carboxylic acids is 1. The highest BCUT2D eigenvalue weighted by Crippen LogP contribution is 2.30. The molecule has 40 heavy (non-hydrogen) atoms. The number of hydrogen-bond donors (Lipinski definition) is 1. The molecular formula is C32H34F3N3OS. The summed E-state index contributed by atoms with van der Waals surface area (Å²) in [6.07, 6.45) is -4.40. The van der Waals surface area contributed by atoms with E-state index < -0.39 is 11.7 Å². The fourth-order valence-corrected chi connectivity index (χ4v) is 5.23. The Labute approximate surface area is 237 Å². The van der Waals surface area contributed by atoms with Gasteiger partial charge < -0.3 is 5.32 Å². The average Bonchev–Trinajstić information content (AvgIpc) is 3.37. The highest BCUT2D eigenvalue weighted by molar-refractivity contribution is 7.09. The predicted molar refractivity (Wildman–Crippen MR) is 154 cm³/mol. The zero-order chi connectivity index (χ0) is 28.9. The molecular weight excluding hydrogens is 531 g/mol. The monoisotopic (exact) mass is 565 g/mol. The van der Waals surface area contributed by atoms with Gasteiger partial charge in [-0.25, -0.2) is 4.98 Å². The molecule has 0 saturated carbocycles. The Morgan fingerprint density at radius 2 is 1.55 bits per heavy atom. The van der Waals surface area contributed by atoms with Crippen molar-refractivity contribution in [3.63, 3.8) is 0 Å². The zero-order valence-electron chi connectivity index (χ0n) is 23.1. The van der Waals surface area contributed by atoms with Crippen LogP contribution in [0.2, 0.25) is 0 Å². The summed E-state index contributed by atoms with van der Waals surface area (Å²) in [5, 5.41) is 5.43. The fraction of sp³-hybridized carbons (Fsp3) is 0.312. The highest BCUT2D eigenvalue weighted by Gasteiger charge is 2.30. The van der Waals surface area contributed by atoms with Crippen LogP contribution in [0.1, 0.15) is 77.1 Å². The van der Waals surface area contributed by atoms with Gasteiger partial charge in [0.25, 0.3) is 5.91 Å². The minimum Gasteiger partial charge on any atom is -0.344 e. The molecule has 4 rings (SSSR count). The van der Waals surface area contributed by atoms with Crippen LogP contribution in [-0.2, 0) is 31.2 Å². The van der Waals surface area contributed by atoms with E-state index in [2.05, 4.69) is 60.2 Å². The minimum absolute atomic E-state index is 0.0200. The van der Waals surface area contributed by atoms with Crippen molar-refractivity contribution in [3.8, 4) is 0 Å². The molecule has 8 heteroatoms. The SMILES string of the molecule is C[C@@H](NC(=O)c1csc(CN(Cc2ccc(C(C)(C)C)cc2)Cc2cccc(C(F)(F)F)c2)n1)c1ccccc1. The maximum absolute atomic E-state index is 13.4. The lowest BCUT2D eigenvalue weighted by Crippen LogP contribution is -2.27. The third kappa shape index (κ3) is 8.02. The summed E-state index contributed by atoms with van der Waals surface area (Å²) in [6, 6.07) is 23.2. The van der Waals surface area contributed by atoms with Crippen LogP contribution in [0.3, 0.4) is 0 Å².